The molecule has 0 saturated heterocycles. The summed E-state index contributed by atoms with van der Waals surface area (Å²) in [6.45, 7) is 3.62. The van der Waals surface area contributed by atoms with Gasteiger partial charge in [0.2, 0.25) is 0 Å². The van der Waals surface area contributed by atoms with Crippen LogP contribution in [0.2, 0.25) is 0 Å². The fraction of sp³-hybridized carbons (Fsp3) is 0.200. The van der Waals surface area contributed by atoms with Crippen LogP contribution in [0.1, 0.15) is 34.7 Å². The van der Waals surface area contributed by atoms with E-state index in [4.69, 9.17) is 4.74 Å². The number of H-pyrrole nitrogens is 1. The summed E-state index contributed by atoms with van der Waals surface area (Å²) >= 11 is 0. The Morgan fingerprint density at radius 1 is 1.16 bits per heavy atom. The molecular formula is C15H15NO3. The van der Waals surface area contributed by atoms with Crippen molar-refractivity contribution in [3.63, 3.8) is 0 Å². The van der Waals surface area contributed by atoms with Gasteiger partial charge in [-0.3, -0.25) is 4.79 Å². The fourth-order valence-corrected chi connectivity index (χ4v) is 1.87. The van der Waals surface area contributed by atoms with E-state index in [2.05, 4.69) is 4.98 Å². The number of nitrogens with one attached hydrogen (secondary N) is 1. The average molecular weight is 257 g/mol. The number of ether oxygens (including phenoxy) is 1. The molecular weight excluding hydrogens is 242 g/mol. The highest BCUT2D eigenvalue weighted by molar-refractivity contribution is 5.97. The smallest absolute Gasteiger partial charge is 0.355 e. The molecule has 0 unspecified atom stereocenters. The summed E-state index contributed by atoms with van der Waals surface area (Å²) in [5, 5.41) is 0. The fourth-order valence-electron chi connectivity index (χ4n) is 1.87. The van der Waals surface area contributed by atoms with Crippen LogP contribution in [0.4, 0.5) is 0 Å². The van der Waals surface area contributed by atoms with Gasteiger partial charge in [0.15, 0.2) is 5.78 Å². The monoisotopic (exact) mass is 257 g/mol. The van der Waals surface area contributed by atoms with Crippen LogP contribution < -0.4 is 0 Å². The van der Waals surface area contributed by atoms with Crippen molar-refractivity contribution in [1.29, 1.82) is 0 Å². The van der Waals surface area contributed by atoms with Crippen LogP contribution in [-0.4, -0.2) is 23.3 Å². The van der Waals surface area contributed by atoms with Crippen LogP contribution in [-0.2, 0) is 4.74 Å². The molecule has 0 spiro atoms. The van der Waals surface area contributed by atoms with Gasteiger partial charge in [0.25, 0.3) is 0 Å². The standard InChI is InChI=1S/C15H15NO3/c1-3-19-15(18)14-13(8-9-16-14)12-6-4-11(5-7-12)10(2)17/h4-9,16H,3H2,1-2H3. The summed E-state index contributed by atoms with van der Waals surface area (Å²) in [5.41, 5.74) is 2.72. The number of aromatic nitrogens is 1. The van der Waals surface area contributed by atoms with Crippen LogP contribution in [0.15, 0.2) is 36.5 Å². The van der Waals surface area contributed by atoms with Gasteiger partial charge in [-0.25, -0.2) is 4.79 Å². The van der Waals surface area contributed by atoms with Crippen LogP contribution in [0, 0.1) is 0 Å². The maximum Gasteiger partial charge on any atom is 0.355 e. The number of benzene rings is 1. The molecule has 0 saturated carbocycles. The maximum absolute atomic E-state index is 11.8. The number of Topliss-reactive ketones (excluding diaryl/α,β-unsaturated/α-hetero) is 1. The summed E-state index contributed by atoms with van der Waals surface area (Å²) in [6, 6.07) is 8.96. The molecule has 19 heavy (non-hydrogen) atoms. The highest BCUT2D eigenvalue weighted by atomic mass is 16.5. The van der Waals surface area contributed by atoms with Crippen molar-refractivity contribution < 1.29 is 14.3 Å². The zero-order valence-electron chi connectivity index (χ0n) is 10.9. The average Bonchev–Trinajstić information content (AvgIpc) is 2.88. The van der Waals surface area contributed by atoms with Crippen LogP contribution in [0.25, 0.3) is 11.1 Å². The Morgan fingerprint density at radius 2 is 1.84 bits per heavy atom. The second kappa shape index (κ2) is 5.52. The lowest BCUT2D eigenvalue weighted by Crippen LogP contribution is -2.06. The lowest BCUT2D eigenvalue weighted by Gasteiger charge is -2.05. The maximum atomic E-state index is 11.8. The number of carbonyl (C=O) groups excluding carboxylic acids is 2. The summed E-state index contributed by atoms with van der Waals surface area (Å²) < 4.78 is 4.99. The lowest BCUT2D eigenvalue weighted by atomic mass is 10.0. The molecule has 4 heteroatoms. The first-order valence-electron chi connectivity index (χ1n) is 6.09. The van der Waals surface area contributed by atoms with E-state index in [-0.39, 0.29) is 11.8 Å². The number of ketones is 1. The van der Waals surface area contributed by atoms with Crippen LogP contribution in [0.5, 0.6) is 0 Å². The minimum absolute atomic E-state index is 0.0197. The highest BCUT2D eigenvalue weighted by Gasteiger charge is 2.15. The van der Waals surface area contributed by atoms with Crippen molar-refractivity contribution in [2.45, 2.75) is 13.8 Å². The summed E-state index contributed by atoms with van der Waals surface area (Å²) in [4.78, 5) is 25.9. The molecule has 1 N–H and O–H groups in total. The molecule has 0 radical (unpaired) electrons. The topological polar surface area (TPSA) is 59.2 Å². The summed E-state index contributed by atoms with van der Waals surface area (Å²) in [7, 11) is 0. The SMILES string of the molecule is CCOC(=O)c1[nH]ccc1-c1ccc(C(C)=O)cc1. The van der Waals surface area contributed by atoms with Gasteiger partial charge in [-0.05, 0) is 25.5 Å². The molecule has 0 aliphatic rings. The third-order valence-corrected chi connectivity index (χ3v) is 2.83. The van der Waals surface area contributed by atoms with Crippen molar-refractivity contribution in [3.05, 3.63) is 47.8 Å². The number of esters is 1. The summed E-state index contributed by atoms with van der Waals surface area (Å²) in [5.74, 6) is -0.357. The number of aromatic amines is 1. The second-order valence-electron chi connectivity index (χ2n) is 4.12. The molecule has 1 aromatic carbocycles. The van der Waals surface area contributed by atoms with E-state index in [1.807, 2.05) is 18.2 Å². The molecule has 2 aromatic rings. The third kappa shape index (κ3) is 2.73. The molecule has 0 aliphatic carbocycles. The minimum Gasteiger partial charge on any atom is -0.461 e. The molecule has 0 atom stereocenters. The Kier molecular flexibility index (Phi) is 3.80. The summed E-state index contributed by atoms with van der Waals surface area (Å²) in [6.07, 6.45) is 1.69. The van der Waals surface area contributed by atoms with Gasteiger partial charge in [0.05, 0.1) is 6.61 Å². The van der Waals surface area contributed by atoms with Crippen molar-refractivity contribution in [3.8, 4) is 11.1 Å². The molecule has 98 valence electrons. The van der Waals surface area contributed by atoms with E-state index in [0.29, 0.717) is 17.9 Å². The number of hydrogen-bond acceptors (Lipinski definition) is 3. The molecule has 4 nitrogen and oxygen atoms in total. The zero-order chi connectivity index (χ0) is 13.8. The van der Waals surface area contributed by atoms with Gasteiger partial charge in [0.1, 0.15) is 5.69 Å². The minimum atomic E-state index is -0.377. The highest BCUT2D eigenvalue weighted by Crippen LogP contribution is 2.24. The van der Waals surface area contributed by atoms with Crippen LogP contribution in [0.3, 0.4) is 0 Å². The molecule has 1 heterocycles. The Balaban J connectivity index is 2.34. The Morgan fingerprint density at radius 3 is 2.42 bits per heavy atom. The Bertz CT molecular complexity index is 596. The van der Waals surface area contributed by atoms with Gasteiger partial charge in [-0.1, -0.05) is 24.3 Å². The second-order valence-corrected chi connectivity index (χ2v) is 4.12. The first kappa shape index (κ1) is 13.1. The molecule has 0 bridgehead atoms. The molecule has 2 rings (SSSR count). The number of carbonyl (C=O) groups is 2. The van der Waals surface area contributed by atoms with E-state index in [0.717, 1.165) is 11.1 Å². The first-order chi connectivity index (χ1) is 9.13. The molecule has 1 aromatic heterocycles. The van der Waals surface area contributed by atoms with Crippen molar-refractivity contribution in [2.75, 3.05) is 6.61 Å². The van der Waals surface area contributed by atoms with E-state index >= 15 is 0 Å². The predicted octanol–water partition coefficient (Wildman–Crippen LogP) is 3.06. The zero-order valence-corrected chi connectivity index (χ0v) is 10.9. The molecule has 0 aliphatic heterocycles. The Hall–Kier alpha value is -2.36. The number of hydrogen-bond donors (Lipinski definition) is 1. The van der Waals surface area contributed by atoms with E-state index in [9.17, 15) is 9.59 Å². The van der Waals surface area contributed by atoms with E-state index < -0.39 is 0 Å². The van der Waals surface area contributed by atoms with Gasteiger partial charge in [-0.15, -0.1) is 0 Å². The van der Waals surface area contributed by atoms with Gasteiger partial charge in [-0.2, -0.15) is 0 Å². The first-order valence-corrected chi connectivity index (χ1v) is 6.09. The van der Waals surface area contributed by atoms with Gasteiger partial charge >= 0.3 is 5.97 Å². The molecule has 0 amide bonds. The van der Waals surface area contributed by atoms with Crippen molar-refractivity contribution in [1.82, 2.24) is 4.98 Å². The van der Waals surface area contributed by atoms with Crippen molar-refractivity contribution in [2.24, 2.45) is 0 Å². The number of rotatable bonds is 4. The third-order valence-electron chi connectivity index (χ3n) is 2.83. The van der Waals surface area contributed by atoms with E-state index in [1.165, 1.54) is 6.92 Å². The quantitative estimate of drug-likeness (QED) is 0.676. The van der Waals surface area contributed by atoms with Crippen molar-refractivity contribution >= 4 is 11.8 Å². The van der Waals surface area contributed by atoms with E-state index in [1.54, 1.807) is 25.3 Å². The lowest BCUT2D eigenvalue weighted by molar-refractivity contribution is 0.0521. The van der Waals surface area contributed by atoms with Gasteiger partial charge in [0, 0.05) is 17.3 Å². The molecule has 0 fully saturated rings. The van der Waals surface area contributed by atoms with Crippen LogP contribution >= 0.6 is 0 Å². The largest absolute Gasteiger partial charge is 0.461 e. The predicted molar refractivity (Wildman–Crippen MR) is 72.2 cm³/mol. The normalized spacial score (nSPS) is 10.2. The van der Waals surface area contributed by atoms with Gasteiger partial charge < -0.3 is 9.72 Å². The Labute approximate surface area is 111 Å².